The minimum absolute atomic E-state index is 0.279. The molecule has 2 aromatic rings. The Labute approximate surface area is 112 Å². The monoisotopic (exact) mass is 262 g/mol. The summed E-state index contributed by atoms with van der Waals surface area (Å²) in [5.74, 6) is 1.90. The fourth-order valence-electron chi connectivity index (χ4n) is 1.65. The van der Waals surface area contributed by atoms with Gasteiger partial charge >= 0.3 is 0 Å². The van der Waals surface area contributed by atoms with Crippen molar-refractivity contribution in [2.24, 2.45) is 0 Å². The van der Waals surface area contributed by atoms with Gasteiger partial charge in [-0.25, -0.2) is 0 Å². The maximum absolute atomic E-state index is 9.40. The molecule has 1 N–H and O–H groups in total. The number of hydrogen-bond acceptors (Lipinski definition) is 5. The van der Waals surface area contributed by atoms with Crippen molar-refractivity contribution < 1.29 is 14.4 Å². The highest BCUT2D eigenvalue weighted by molar-refractivity contribution is 5.28. The number of aliphatic hydroxyl groups excluding tert-OH is 1. The SMILES string of the molecule is CCCc1nc(COc2ccc([C@@H](C)O)cc2)no1. The predicted molar refractivity (Wildman–Crippen MR) is 69.7 cm³/mol. The van der Waals surface area contributed by atoms with Crippen LogP contribution in [-0.2, 0) is 13.0 Å². The smallest absolute Gasteiger partial charge is 0.226 e. The van der Waals surface area contributed by atoms with Crippen LogP contribution in [0.3, 0.4) is 0 Å². The summed E-state index contributed by atoms with van der Waals surface area (Å²) in [5, 5.41) is 13.2. The normalized spacial score (nSPS) is 12.4. The van der Waals surface area contributed by atoms with E-state index in [9.17, 15) is 5.11 Å². The van der Waals surface area contributed by atoms with Crippen LogP contribution in [0.1, 0.15) is 43.7 Å². The van der Waals surface area contributed by atoms with Crippen LogP contribution in [-0.4, -0.2) is 15.2 Å². The van der Waals surface area contributed by atoms with E-state index in [-0.39, 0.29) is 6.61 Å². The number of hydrogen-bond donors (Lipinski definition) is 1. The van der Waals surface area contributed by atoms with Crippen LogP contribution in [0.2, 0.25) is 0 Å². The Morgan fingerprint density at radius 2 is 2.05 bits per heavy atom. The lowest BCUT2D eigenvalue weighted by Crippen LogP contribution is -1.98. The topological polar surface area (TPSA) is 68.4 Å². The maximum atomic E-state index is 9.40. The molecule has 0 aliphatic rings. The number of benzene rings is 1. The van der Waals surface area contributed by atoms with Gasteiger partial charge in [-0.3, -0.25) is 0 Å². The van der Waals surface area contributed by atoms with E-state index >= 15 is 0 Å². The van der Waals surface area contributed by atoms with Crippen molar-refractivity contribution in [3.8, 4) is 5.75 Å². The van der Waals surface area contributed by atoms with E-state index in [1.54, 1.807) is 6.92 Å². The zero-order valence-corrected chi connectivity index (χ0v) is 11.2. The molecule has 0 bridgehead atoms. The summed E-state index contributed by atoms with van der Waals surface area (Å²) in [6, 6.07) is 7.29. The molecule has 0 radical (unpaired) electrons. The molecule has 0 saturated heterocycles. The second-order valence-electron chi connectivity index (χ2n) is 4.39. The van der Waals surface area contributed by atoms with Crippen LogP contribution in [0.5, 0.6) is 5.75 Å². The van der Waals surface area contributed by atoms with E-state index in [4.69, 9.17) is 9.26 Å². The first-order valence-corrected chi connectivity index (χ1v) is 6.41. The molecule has 0 fully saturated rings. The lowest BCUT2D eigenvalue weighted by Gasteiger charge is -2.06. The van der Waals surface area contributed by atoms with Gasteiger partial charge in [0, 0.05) is 6.42 Å². The Morgan fingerprint density at radius 1 is 1.32 bits per heavy atom. The summed E-state index contributed by atoms with van der Waals surface area (Å²) >= 11 is 0. The van der Waals surface area contributed by atoms with Gasteiger partial charge < -0.3 is 14.4 Å². The van der Waals surface area contributed by atoms with Crippen LogP contribution >= 0.6 is 0 Å². The summed E-state index contributed by atoms with van der Waals surface area (Å²) in [7, 11) is 0. The van der Waals surface area contributed by atoms with Gasteiger partial charge in [-0.1, -0.05) is 24.2 Å². The third-order valence-electron chi connectivity index (χ3n) is 2.70. The Hall–Kier alpha value is -1.88. The lowest BCUT2D eigenvalue weighted by molar-refractivity contribution is 0.199. The molecule has 2 rings (SSSR count). The summed E-state index contributed by atoms with van der Waals surface area (Å²) < 4.78 is 10.6. The molecular formula is C14H18N2O3. The summed E-state index contributed by atoms with van der Waals surface area (Å²) in [5.41, 5.74) is 0.858. The van der Waals surface area contributed by atoms with E-state index < -0.39 is 6.10 Å². The van der Waals surface area contributed by atoms with E-state index in [0.29, 0.717) is 17.5 Å². The fraction of sp³-hybridized carbons (Fsp3) is 0.429. The Morgan fingerprint density at radius 3 is 2.68 bits per heavy atom. The third kappa shape index (κ3) is 3.79. The van der Waals surface area contributed by atoms with Gasteiger partial charge in [0.1, 0.15) is 5.75 Å². The fourth-order valence-corrected chi connectivity index (χ4v) is 1.65. The zero-order chi connectivity index (χ0) is 13.7. The molecular weight excluding hydrogens is 244 g/mol. The molecule has 1 aromatic heterocycles. The van der Waals surface area contributed by atoms with Gasteiger partial charge in [-0.15, -0.1) is 0 Å². The molecule has 5 nitrogen and oxygen atoms in total. The quantitative estimate of drug-likeness (QED) is 0.866. The Bertz CT molecular complexity index is 506. The van der Waals surface area contributed by atoms with Crippen LogP contribution in [0.4, 0.5) is 0 Å². The van der Waals surface area contributed by atoms with Crippen LogP contribution in [0.15, 0.2) is 28.8 Å². The van der Waals surface area contributed by atoms with Gasteiger partial charge in [-0.05, 0) is 31.0 Å². The van der Waals surface area contributed by atoms with Crippen LogP contribution in [0, 0.1) is 0 Å². The second-order valence-corrected chi connectivity index (χ2v) is 4.39. The third-order valence-corrected chi connectivity index (χ3v) is 2.70. The summed E-state index contributed by atoms with van der Waals surface area (Å²) in [6.45, 7) is 4.07. The summed E-state index contributed by atoms with van der Waals surface area (Å²) in [4.78, 5) is 4.22. The van der Waals surface area contributed by atoms with Gasteiger partial charge in [0.2, 0.25) is 11.7 Å². The van der Waals surface area contributed by atoms with Crippen LogP contribution in [0.25, 0.3) is 0 Å². The van der Waals surface area contributed by atoms with Gasteiger partial charge in [0.05, 0.1) is 6.10 Å². The lowest BCUT2D eigenvalue weighted by atomic mass is 10.1. The first-order valence-electron chi connectivity index (χ1n) is 6.41. The molecule has 102 valence electrons. The van der Waals surface area contributed by atoms with E-state index in [1.165, 1.54) is 0 Å². The first kappa shape index (κ1) is 13.5. The van der Waals surface area contributed by atoms with Crippen molar-refractivity contribution in [3.63, 3.8) is 0 Å². The molecule has 0 aliphatic carbocycles. The molecule has 5 heteroatoms. The van der Waals surface area contributed by atoms with E-state index in [0.717, 1.165) is 18.4 Å². The van der Waals surface area contributed by atoms with E-state index in [1.807, 2.05) is 24.3 Å². The van der Waals surface area contributed by atoms with Gasteiger partial charge in [0.15, 0.2) is 6.61 Å². The highest BCUT2D eigenvalue weighted by Crippen LogP contribution is 2.17. The number of aromatic nitrogens is 2. The summed E-state index contributed by atoms with van der Waals surface area (Å²) in [6.07, 6.45) is 1.29. The minimum Gasteiger partial charge on any atom is -0.485 e. The molecule has 1 atom stereocenters. The van der Waals surface area contributed by atoms with Crippen molar-refractivity contribution in [3.05, 3.63) is 41.5 Å². The number of nitrogens with zero attached hydrogens (tertiary/aromatic N) is 2. The highest BCUT2D eigenvalue weighted by atomic mass is 16.5. The standard InChI is InChI=1S/C14H18N2O3/c1-3-4-14-15-13(16-19-14)9-18-12-7-5-11(6-8-12)10(2)17/h5-8,10,17H,3-4,9H2,1-2H3/t10-/m1/s1. The average molecular weight is 262 g/mol. The molecule has 1 heterocycles. The largest absolute Gasteiger partial charge is 0.485 e. The molecule has 1 aromatic carbocycles. The number of ether oxygens (including phenoxy) is 1. The van der Waals surface area contributed by atoms with Crippen molar-refractivity contribution in [2.45, 2.75) is 39.4 Å². The van der Waals surface area contributed by atoms with Crippen molar-refractivity contribution >= 4 is 0 Å². The van der Waals surface area contributed by atoms with Crippen molar-refractivity contribution in [2.75, 3.05) is 0 Å². The van der Waals surface area contributed by atoms with Crippen LogP contribution < -0.4 is 4.74 Å². The average Bonchev–Trinajstić information content (AvgIpc) is 2.85. The Kier molecular flexibility index (Phi) is 4.52. The van der Waals surface area contributed by atoms with Crippen molar-refractivity contribution in [1.82, 2.24) is 10.1 Å². The van der Waals surface area contributed by atoms with Gasteiger partial charge in [0.25, 0.3) is 0 Å². The minimum atomic E-state index is -0.470. The van der Waals surface area contributed by atoms with Gasteiger partial charge in [-0.2, -0.15) is 4.98 Å². The molecule has 0 amide bonds. The number of aryl methyl sites for hydroxylation is 1. The highest BCUT2D eigenvalue weighted by Gasteiger charge is 2.06. The number of rotatable bonds is 6. The maximum Gasteiger partial charge on any atom is 0.226 e. The molecule has 0 unspecified atom stereocenters. The molecule has 19 heavy (non-hydrogen) atoms. The predicted octanol–water partition coefficient (Wildman–Crippen LogP) is 2.65. The first-order chi connectivity index (χ1) is 9.19. The molecule has 0 saturated carbocycles. The molecule has 0 spiro atoms. The Balaban J connectivity index is 1.90. The van der Waals surface area contributed by atoms with E-state index in [2.05, 4.69) is 17.1 Å². The second kappa shape index (κ2) is 6.33. The molecule has 0 aliphatic heterocycles. The number of aliphatic hydroxyl groups is 1. The zero-order valence-electron chi connectivity index (χ0n) is 11.2. The van der Waals surface area contributed by atoms with Crippen molar-refractivity contribution in [1.29, 1.82) is 0 Å².